The van der Waals surface area contributed by atoms with Crippen LogP contribution in [0, 0.1) is 13.8 Å². The third kappa shape index (κ3) is 2.68. The lowest BCUT2D eigenvalue weighted by Gasteiger charge is -2.04. The van der Waals surface area contributed by atoms with Crippen molar-refractivity contribution in [1.29, 1.82) is 0 Å². The summed E-state index contributed by atoms with van der Waals surface area (Å²) in [4.78, 5) is 12.7. The minimum Gasteiger partial charge on any atom is -0.375 e. The first-order chi connectivity index (χ1) is 10.2. The van der Waals surface area contributed by atoms with Gasteiger partial charge in [-0.25, -0.2) is 4.98 Å². The highest BCUT2D eigenvalue weighted by Crippen LogP contribution is 2.23. The van der Waals surface area contributed by atoms with Crippen LogP contribution in [0.5, 0.6) is 0 Å². The molecule has 110 valence electrons. The van der Waals surface area contributed by atoms with Gasteiger partial charge >= 0.3 is 0 Å². The van der Waals surface area contributed by atoms with Crippen molar-refractivity contribution in [3.63, 3.8) is 0 Å². The van der Waals surface area contributed by atoms with Gasteiger partial charge in [0.25, 0.3) is 11.6 Å². The first-order valence-corrected chi connectivity index (χ1v) is 6.32. The first kappa shape index (κ1) is 13.4. The smallest absolute Gasteiger partial charge is 0.263 e. The average molecular weight is 290 g/mol. The number of ether oxygens (including phenoxy) is 1. The molecule has 0 aliphatic heterocycles. The monoisotopic (exact) mass is 290 g/mol. The Morgan fingerprint density at radius 1 is 1.10 bits per heavy atom. The summed E-state index contributed by atoms with van der Waals surface area (Å²) in [7, 11) is 1.57. The molecule has 3 heterocycles. The minimum atomic E-state index is 0.286. The molecular formula is C12H14N6O3. The van der Waals surface area contributed by atoms with E-state index in [9.17, 15) is 0 Å². The predicted molar refractivity (Wildman–Crippen MR) is 71.4 cm³/mol. The molecule has 0 aromatic carbocycles. The molecule has 0 saturated carbocycles. The van der Waals surface area contributed by atoms with Crippen LogP contribution in [0.25, 0.3) is 11.1 Å². The molecule has 0 aliphatic carbocycles. The van der Waals surface area contributed by atoms with E-state index in [-0.39, 0.29) is 6.61 Å². The quantitative estimate of drug-likeness (QED) is 0.744. The van der Waals surface area contributed by atoms with E-state index in [2.05, 4.69) is 30.6 Å². The van der Waals surface area contributed by atoms with Crippen molar-refractivity contribution < 1.29 is 13.8 Å². The van der Waals surface area contributed by atoms with Crippen molar-refractivity contribution in [1.82, 2.24) is 25.3 Å². The molecule has 0 radical (unpaired) electrons. The number of hydrogen-bond donors (Lipinski definition) is 1. The van der Waals surface area contributed by atoms with E-state index in [1.54, 1.807) is 14.0 Å². The summed E-state index contributed by atoms with van der Waals surface area (Å²) >= 11 is 0. The number of nitrogens with one attached hydrogen (secondary N) is 1. The lowest BCUT2D eigenvalue weighted by atomic mass is 10.3. The second-order valence-electron chi connectivity index (χ2n) is 4.46. The van der Waals surface area contributed by atoms with Gasteiger partial charge in [0.2, 0.25) is 0 Å². The van der Waals surface area contributed by atoms with E-state index in [0.29, 0.717) is 35.6 Å². The summed E-state index contributed by atoms with van der Waals surface area (Å²) in [5.41, 5.74) is 1.18. The molecule has 0 atom stereocenters. The van der Waals surface area contributed by atoms with E-state index in [1.807, 2.05) is 6.92 Å². The van der Waals surface area contributed by atoms with Gasteiger partial charge in [0.15, 0.2) is 5.82 Å². The third-order valence-corrected chi connectivity index (χ3v) is 2.81. The Kier molecular flexibility index (Phi) is 3.48. The van der Waals surface area contributed by atoms with Gasteiger partial charge in [0, 0.05) is 7.11 Å². The molecule has 3 aromatic rings. The second-order valence-corrected chi connectivity index (χ2v) is 4.46. The second kappa shape index (κ2) is 5.44. The minimum absolute atomic E-state index is 0.286. The molecule has 9 heteroatoms. The van der Waals surface area contributed by atoms with Crippen molar-refractivity contribution in [3.8, 4) is 0 Å². The van der Waals surface area contributed by atoms with Crippen LogP contribution in [0.15, 0.2) is 9.05 Å². The molecular weight excluding hydrogens is 276 g/mol. The van der Waals surface area contributed by atoms with Gasteiger partial charge in [-0.1, -0.05) is 10.3 Å². The zero-order valence-electron chi connectivity index (χ0n) is 11.9. The van der Waals surface area contributed by atoms with Crippen molar-refractivity contribution in [3.05, 3.63) is 23.2 Å². The van der Waals surface area contributed by atoms with E-state index in [0.717, 1.165) is 11.1 Å². The Morgan fingerprint density at radius 2 is 1.95 bits per heavy atom. The van der Waals surface area contributed by atoms with Crippen LogP contribution in [-0.2, 0) is 17.9 Å². The predicted octanol–water partition coefficient (Wildman–Crippen LogP) is 1.38. The van der Waals surface area contributed by atoms with Crippen LogP contribution >= 0.6 is 0 Å². The number of fused-ring (bicyclic) bond motifs is 1. The largest absolute Gasteiger partial charge is 0.375 e. The summed E-state index contributed by atoms with van der Waals surface area (Å²) in [5.74, 6) is 2.17. The van der Waals surface area contributed by atoms with Crippen LogP contribution in [0.4, 0.5) is 5.82 Å². The Hall–Kier alpha value is -2.55. The molecule has 0 unspecified atom stereocenters. The molecule has 0 bridgehead atoms. The maximum absolute atomic E-state index is 5.15. The average Bonchev–Trinajstić information content (AvgIpc) is 3.04. The Balaban J connectivity index is 1.82. The van der Waals surface area contributed by atoms with Crippen LogP contribution in [0.1, 0.15) is 23.2 Å². The summed E-state index contributed by atoms with van der Waals surface area (Å²) in [5, 5.41) is 11.6. The lowest BCUT2D eigenvalue weighted by molar-refractivity contribution is 0.151. The summed E-state index contributed by atoms with van der Waals surface area (Å²) < 4.78 is 15.1. The standard InChI is InChI=1S/C12H14N6O3/c1-6-10-11(14-7(2)15-12(10)21-17-6)13-4-8-16-9(5-19-3)20-18-8/h4-5H2,1-3H3,(H,13,14,15). The molecule has 3 aromatic heterocycles. The third-order valence-electron chi connectivity index (χ3n) is 2.81. The van der Waals surface area contributed by atoms with Gasteiger partial charge in [-0.05, 0) is 13.8 Å². The molecule has 3 rings (SSSR count). The topological polar surface area (TPSA) is 112 Å². The normalized spacial score (nSPS) is 11.2. The molecule has 21 heavy (non-hydrogen) atoms. The highest BCUT2D eigenvalue weighted by Gasteiger charge is 2.14. The van der Waals surface area contributed by atoms with Crippen LogP contribution in [0.3, 0.4) is 0 Å². The maximum Gasteiger partial charge on any atom is 0.263 e. The fourth-order valence-corrected chi connectivity index (χ4v) is 1.93. The van der Waals surface area contributed by atoms with Crippen molar-refractivity contribution >= 4 is 16.9 Å². The number of rotatable bonds is 5. The zero-order chi connectivity index (χ0) is 14.8. The van der Waals surface area contributed by atoms with Crippen LogP contribution in [0.2, 0.25) is 0 Å². The summed E-state index contributed by atoms with van der Waals surface area (Å²) in [6.45, 7) is 4.27. The number of aromatic nitrogens is 5. The van der Waals surface area contributed by atoms with E-state index in [4.69, 9.17) is 13.8 Å². The number of anilines is 1. The van der Waals surface area contributed by atoms with Crippen molar-refractivity contribution in [2.24, 2.45) is 0 Å². The fraction of sp³-hybridized carbons (Fsp3) is 0.417. The Bertz CT molecular complexity index is 766. The van der Waals surface area contributed by atoms with Gasteiger partial charge in [-0.3, -0.25) is 0 Å². The maximum atomic E-state index is 5.15. The Morgan fingerprint density at radius 3 is 2.76 bits per heavy atom. The van der Waals surface area contributed by atoms with Gasteiger partial charge in [-0.2, -0.15) is 9.97 Å². The van der Waals surface area contributed by atoms with Crippen LogP contribution < -0.4 is 5.32 Å². The van der Waals surface area contributed by atoms with Gasteiger partial charge in [0.05, 0.1) is 12.2 Å². The number of methoxy groups -OCH3 is 1. The van der Waals surface area contributed by atoms with Gasteiger partial charge in [-0.15, -0.1) is 0 Å². The number of hydrogen-bond acceptors (Lipinski definition) is 9. The van der Waals surface area contributed by atoms with Crippen LogP contribution in [-0.4, -0.2) is 32.4 Å². The van der Waals surface area contributed by atoms with Gasteiger partial charge < -0.3 is 19.1 Å². The highest BCUT2D eigenvalue weighted by atomic mass is 16.5. The highest BCUT2D eigenvalue weighted by molar-refractivity contribution is 5.87. The summed E-state index contributed by atoms with van der Waals surface area (Å²) in [6, 6.07) is 0. The molecule has 0 saturated heterocycles. The van der Waals surface area contributed by atoms with Gasteiger partial charge in [0.1, 0.15) is 23.6 Å². The number of nitrogens with zero attached hydrogens (tertiary/aromatic N) is 5. The zero-order valence-corrected chi connectivity index (χ0v) is 11.9. The van der Waals surface area contributed by atoms with Crippen molar-refractivity contribution in [2.75, 3.05) is 12.4 Å². The van der Waals surface area contributed by atoms with E-state index in [1.165, 1.54) is 0 Å². The lowest BCUT2D eigenvalue weighted by Crippen LogP contribution is -2.05. The fourth-order valence-electron chi connectivity index (χ4n) is 1.93. The summed E-state index contributed by atoms with van der Waals surface area (Å²) in [6.07, 6.45) is 0. The Labute approximate surface area is 119 Å². The first-order valence-electron chi connectivity index (χ1n) is 6.32. The van der Waals surface area contributed by atoms with E-state index < -0.39 is 0 Å². The molecule has 9 nitrogen and oxygen atoms in total. The molecule has 0 amide bonds. The molecule has 1 N–H and O–H groups in total. The SMILES string of the molecule is COCc1nc(CNc2nc(C)nc3onc(C)c23)no1. The number of aryl methyl sites for hydroxylation is 2. The van der Waals surface area contributed by atoms with E-state index >= 15 is 0 Å². The molecule has 0 aliphatic rings. The molecule has 0 spiro atoms. The molecule has 0 fully saturated rings. The van der Waals surface area contributed by atoms with Crippen molar-refractivity contribution in [2.45, 2.75) is 27.0 Å².